The van der Waals surface area contributed by atoms with E-state index in [9.17, 15) is 27.6 Å². The van der Waals surface area contributed by atoms with Crippen molar-refractivity contribution in [3.63, 3.8) is 0 Å². The van der Waals surface area contributed by atoms with Gasteiger partial charge in [0.25, 0.3) is 0 Å². The van der Waals surface area contributed by atoms with Gasteiger partial charge in [0.2, 0.25) is 0 Å². The monoisotopic (exact) mass is 739 g/mol. The first kappa shape index (κ1) is 37.6. The van der Waals surface area contributed by atoms with Crippen molar-refractivity contribution in [1.29, 1.82) is 0 Å². The highest BCUT2D eigenvalue weighted by molar-refractivity contribution is 7.13. The van der Waals surface area contributed by atoms with Gasteiger partial charge in [0.1, 0.15) is 10.8 Å². The quantitative estimate of drug-likeness (QED) is 0.176. The second kappa shape index (κ2) is 15.4. The molecule has 3 aromatic heterocycles. The average Bonchev–Trinajstić information content (AvgIpc) is 3.60. The standard InChI is InChI=1S/C37H44F3N7O4S/c1-5-41-35(50)44-32-16-26(34-43-31(20-52-34)37(38,39)40)28(17-42-32)24-8-9-30-27(15-24)33(49)29(23(2)48)19-47(30)25-7-6-10-46(18-25)22-36(3,4)21-45-11-13-51-14-12-45/h8-9,15-17,19-20,25H,5-7,10-14,18,21-22H2,1-4H3,(H2,41,42,44,50). The van der Waals surface area contributed by atoms with Gasteiger partial charge in [0.15, 0.2) is 16.9 Å². The number of hydrogen-bond acceptors (Lipinski definition) is 9. The van der Waals surface area contributed by atoms with E-state index in [0.717, 1.165) is 82.0 Å². The van der Waals surface area contributed by atoms with Crippen molar-refractivity contribution in [3.8, 4) is 21.7 Å². The summed E-state index contributed by atoms with van der Waals surface area (Å²) in [4.78, 5) is 52.1. The third-order valence-electron chi connectivity index (χ3n) is 9.51. The van der Waals surface area contributed by atoms with Crippen LogP contribution in [0.25, 0.3) is 32.6 Å². The van der Waals surface area contributed by atoms with Crippen LogP contribution in [0, 0.1) is 5.41 Å². The van der Waals surface area contributed by atoms with E-state index in [0.29, 0.717) is 34.1 Å². The molecule has 11 nitrogen and oxygen atoms in total. The molecule has 0 bridgehead atoms. The van der Waals surface area contributed by atoms with Crippen molar-refractivity contribution in [2.75, 3.05) is 64.3 Å². The number of nitrogens with zero attached hydrogens (tertiary/aromatic N) is 5. The molecule has 2 N–H and O–H groups in total. The Morgan fingerprint density at radius 2 is 1.81 bits per heavy atom. The molecular weight excluding hydrogens is 696 g/mol. The fourth-order valence-corrected chi connectivity index (χ4v) is 8.13. The summed E-state index contributed by atoms with van der Waals surface area (Å²) >= 11 is 0.813. The molecule has 6 rings (SSSR count). The predicted octanol–water partition coefficient (Wildman–Crippen LogP) is 6.55. The summed E-state index contributed by atoms with van der Waals surface area (Å²) in [5.41, 5.74) is 0.538. The number of hydrogen-bond donors (Lipinski definition) is 2. The molecule has 2 fully saturated rings. The lowest BCUT2D eigenvalue weighted by Gasteiger charge is -2.41. The highest BCUT2D eigenvalue weighted by Gasteiger charge is 2.34. The van der Waals surface area contributed by atoms with Gasteiger partial charge in [-0.1, -0.05) is 19.9 Å². The lowest BCUT2D eigenvalue weighted by Crippen LogP contribution is -2.48. The molecule has 0 saturated carbocycles. The van der Waals surface area contributed by atoms with Gasteiger partial charge in [0.05, 0.1) is 24.3 Å². The van der Waals surface area contributed by atoms with Crippen molar-refractivity contribution in [2.24, 2.45) is 5.41 Å². The lowest BCUT2D eigenvalue weighted by molar-refractivity contribution is -0.140. The summed E-state index contributed by atoms with van der Waals surface area (Å²) in [6, 6.07) is 6.25. The van der Waals surface area contributed by atoms with Crippen LogP contribution in [0.5, 0.6) is 0 Å². The van der Waals surface area contributed by atoms with Crippen molar-refractivity contribution in [2.45, 2.75) is 52.8 Å². The Morgan fingerprint density at radius 3 is 2.50 bits per heavy atom. The molecule has 0 spiro atoms. The van der Waals surface area contributed by atoms with Crippen LogP contribution in [0.15, 0.2) is 46.8 Å². The molecule has 2 amide bonds. The first-order chi connectivity index (χ1) is 24.7. The highest BCUT2D eigenvalue weighted by Crippen LogP contribution is 2.39. The van der Waals surface area contributed by atoms with Gasteiger partial charge in [0, 0.05) is 79.6 Å². The van der Waals surface area contributed by atoms with Crippen LogP contribution in [0.2, 0.25) is 0 Å². The molecule has 2 aliphatic rings. The van der Waals surface area contributed by atoms with E-state index in [1.54, 1.807) is 25.3 Å². The predicted molar refractivity (Wildman–Crippen MR) is 196 cm³/mol. The smallest absolute Gasteiger partial charge is 0.379 e. The molecule has 4 aromatic rings. The first-order valence-electron chi connectivity index (χ1n) is 17.5. The third kappa shape index (κ3) is 8.54. The maximum Gasteiger partial charge on any atom is 0.434 e. The fourth-order valence-electron chi connectivity index (χ4n) is 7.28. The molecule has 1 atom stereocenters. The topological polar surface area (TPSA) is 122 Å². The van der Waals surface area contributed by atoms with Crippen LogP contribution in [0.3, 0.4) is 0 Å². The lowest BCUT2D eigenvalue weighted by atomic mass is 9.90. The summed E-state index contributed by atoms with van der Waals surface area (Å²) in [6.45, 7) is 15.0. The number of halogens is 3. The molecular formula is C37H44F3N7O4S. The van der Waals surface area contributed by atoms with Crippen molar-refractivity contribution < 1.29 is 27.5 Å². The summed E-state index contributed by atoms with van der Waals surface area (Å²) in [6.07, 6.45) is 0.310. The highest BCUT2D eigenvalue weighted by atomic mass is 32.1. The van der Waals surface area contributed by atoms with E-state index in [1.807, 2.05) is 10.6 Å². The number of alkyl halides is 3. The number of aromatic nitrogens is 3. The number of Topliss-reactive ketones (excluding diaryl/α,β-unsaturated/α-hetero) is 1. The molecule has 2 aliphatic heterocycles. The van der Waals surface area contributed by atoms with Crippen LogP contribution in [-0.2, 0) is 10.9 Å². The molecule has 5 heterocycles. The number of morpholine rings is 1. The number of anilines is 1. The number of thiazole rings is 1. The van der Waals surface area contributed by atoms with E-state index in [1.165, 1.54) is 19.2 Å². The number of urea groups is 1. The Morgan fingerprint density at radius 1 is 1.06 bits per heavy atom. The number of benzene rings is 1. The third-order valence-corrected chi connectivity index (χ3v) is 10.4. The van der Waals surface area contributed by atoms with E-state index in [-0.39, 0.29) is 33.6 Å². The average molecular weight is 740 g/mol. The van der Waals surface area contributed by atoms with Crippen molar-refractivity contribution in [1.82, 2.24) is 29.7 Å². The molecule has 0 aliphatic carbocycles. The van der Waals surface area contributed by atoms with Gasteiger partial charge < -0.3 is 19.5 Å². The molecule has 278 valence electrons. The van der Waals surface area contributed by atoms with E-state index in [2.05, 4.69) is 44.2 Å². The Balaban J connectivity index is 1.37. The van der Waals surface area contributed by atoms with Gasteiger partial charge in [-0.3, -0.25) is 19.8 Å². The zero-order valence-corrected chi connectivity index (χ0v) is 30.6. The molecule has 0 radical (unpaired) electrons. The van der Waals surface area contributed by atoms with Crippen LogP contribution in [-0.4, -0.2) is 95.2 Å². The maximum atomic E-state index is 13.9. The normalized spacial score (nSPS) is 17.7. The number of fused-ring (bicyclic) bond motifs is 1. The van der Waals surface area contributed by atoms with E-state index in [4.69, 9.17) is 4.74 Å². The molecule has 1 unspecified atom stereocenters. The first-order valence-corrected chi connectivity index (χ1v) is 18.4. The number of amides is 2. The van der Waals surface area contributed by atoms with Crippen LogP contribution in [0.4, 0.5) is 23.8 Å². The zero-order valence-electron chi connectivity index (χ0n) is 29.8. The van der Waals surface area contributed by atoms with Crippen molar-refractivity contribution in [3.05, 3.63) is 63.5 Å². The van der Waals surface area contributed by atoms with Gasteiger partial charge >= 0.3 is 12.2 Å². The number of carbonyl (C=O) groups is 2. The Bertz CT molecular complexity index is 2010. The second-order valence-electron chi connectivity index (χ2n) is 14.3. The number of carbonyl (C=O) groups excluding carboxylic acids is 2. The molecule has 15 heteroatoms. The minimum absolute atomic E-state index is 0.00736. The fraction of sp³-hybridized carbons (Fsp3) is 0.486. The summed E-state index contributed by atoms with van der Waals surface area (Å²) in [5.74, 6) is -0.235. The summed E-state index contributed by atoms with van der Waals surface area (Å²) < 4.78 is 48.3. The SMILES string of the molecule is CCNC(=O)Nc1cc(-c2nc(C(F)(F)F)cs2)c(-c2ccc3c(c2)c(=O)c(C(C)=O)cn3C2CCCN(CC(C)(C)CN3CCOCC3)C2)cn1. The zero-order chi connectivity index (χ0) is 37.2. The molecule has 2 saturated heterocycles. The van der Waals surface area contributed by atoms with Gasteiger partial charge in [-0.2, -0.15) is 13.2 Å². The van der Waals surface area contributed by atoms with Crippen LogP contribution >= 0.6 is 11.3 Å². The Labute approximate surface area is 304 Å². The number of nitrogens with one attached hydrogen (secondary N) is 2. The number of ketones is 1. The van der Waals surface area contributed by atoms with Gasteiger partial charge in [-0.25, -0.2) is 14.8 Å². The number of ether oxygens (including phenoxy) is 1. The summed E-state index contributed by atoms with van der Waals surface area (Å²) in [7, 11) is 0. The Kier molecular flexibility index (Phi) is 11.1. The van der Waals surface area contributed by atoms with E-state index >= 15 is 0 Å². The molecule has 52 heavy (non-hydrogen) atoms. The second-order valence-corrected chi connectivity index (χ2v) is 15.1. The van der Waals surface area contributed by atoms with Crippen LogP contribution in [0.1, 0.15) is 62.6 Å². The minimum atomic E-state index is -4.64. The maximum absolute atomic E-state index is 13.9. The number of piperidine rings is 1. The molecule has 1 aromatic carbocycles. The van der Waals surface area contributed by atoms with Gasteiger partial charge in [-0.15, -0.1) is 11.3 Å². The number of pyridine rings is 2. The van der Waals surface area contributed by atoms with Gasteiger partial charge in [-0.05, 0) is 62.4 Å². The van der Waals surface area contributed by atoms with E-state index < -0.39 is 23.3 Å². The summed E-state index contributed by atoms with van der Waals surface area (Å²) in [5, 5.41) is 6.52. The Hall–Kier alpha value is -4.18. The number of rotatable bonds is 10. The largest absolute Gasteiger partial charge is 0.434 e. The minimum Gasteiger partial charge on any atom is -0.379 e. The van der Waals surface area contributed by atoms with Crippen molar-refractivity contribution >= 4 is 39.9 Å². The number of likely N-dealkylation sites (tertiary alicyclic amines) is 1. The van der Waals surface area contributed by atoms with Crippen LogP contribution < -0.4 is 16.1 Å².